The van der Waals surface area contributed by atoms with E-state index in [1.54, 1.807) is 30.3 Å². The van der Waals surface area contributed by atoms with Crippen LogP contribution in [0.3, 0.4) is 0 Å². The van der Waals surface area contributed by atoms with Gasteiger partial charge in [0.2, 0.25) is 11.8 Å². The molecule has 1 aromatic carbocycles. The standard InChI is InChI=1S/C18H22N2O4/c1-4-10-19(13(3)21)16-12-17(22)20(18(16)23)14-6-8-15(9-7-14)24-11-5-2/h4,6-9,16H,1,5,10-12H2,2-3H3/t16-/m0/s1. The van der Waals surface area contributed by atoms with Crippen LogP contribution in [-0.2, 0) is 14.4 Å². The smallest absolute Gasteiger partial charge is 0.257 e. The lowest BCUT2D eigenvalue weighted by Gasteiger charge is -2.25. The Labute approximate surface area is 141 Å². The van der Waals surface area contributed by atoms with Gasteiger partial charge in [-0.15, -0.1) is 6.58 Å². The zero-order valence-corrected chi connectivity index (χ0v) is 14.0. The minimum absolute atomic E-state index is 0.0136. The molecule has 0 saturated carbocycles. The highest BCUT2D eigenvalue weighted by Gasteiger charge is 2.43. The quantitative estimate of drug-likeness (QED) is 0.567. The van der Waals surface area contributed by atoms with E-state index in [0.29, 0.717) is 18.0 Å². The second-order valence-electron chi connectivity index (χ2n) is 5.59. The van der Waals surface area contributed by atoms with E-state index in [1.165, 1.54) is 11.8 Å². The summed E-state index contributed by atoms with van der Waals surface area (Å²) in [6, 6.07) is 6.03. The van der Waals surface area contributed by atoms with Crippen molar-refractivity contribution in [3.8, 4) is 5.75 Å². The topological polar surface area (TPSA) is 66.9 Å². The van der Waals surface area contributed by atoms with Crippen LogP contribution in [0.2, 0.25) is 0 Å². The van der Waals surface area contributed by atoms with Crippen LogP contribution in [0, 0.1) is 0 Å². The Balaban J connectivity index is 2.19. The average Bonchev–Trinajstić information content (AvgIpc) is 2.85. The van der Waals surface area contributed by atoms with E-state index in [1.807, 2.05) is 6.92 Å². The van der Waals surface area contributed by atoms with Crippen molar-refractivity contribution in [2.24, 2.45) is 0 Å². The minimum atomic E-state index is -0.774. The third-order valence-corrected chi connectivity index (χ3v) is 3.80. The summed E-state index contributed by atoms with van der Waals surface area (Å²) in [5.41, 5.74) is 0.485. The van der Waals surface area contributed by atoms with Crippen molar-refractivity contribution in [3.05, 3.63) is 36.9 Å². The number of nitrogens with zero attached hydrogens (tertiary/aromatic N) is 2. The molecule has 6 heteroatoms. The lowest BCUT2D eigenvalue weighted by Crippen LogP contribution is -2.44. The minimum Gasteiger partial charge on any atom is -0.494 e. The molecule has 0 aromatic heterocycles. The fourth-order valence-electron chi connectivity index (χ4n) is 2.66. The summed E-state index contributed by atoms with van der Waals surface area (Å²) >= 11 is 0. The molecule has 128 valence electrons. The van der Waals surface area contributed by atoms with E-state index in [4.69, 9.17) is 4.74 Å². The molecule has 1 aliphatic rings. The number of hydrogen-bond acceptors (Lipinski definition) is 4. The summed E-state index contributed by atoms with van der Waals surface area (Å²) in [5.74, 6) is -0.277. The number of hydrogen-bond donors (Lipinski definition) is 0. The van der Waals surface area contributed by atoms with Crippen molar-refractivity contribution in [1.29, 1.82) is 0 Å². The van der Waals surface area contributed by atoms with Gasteiger partial charge in [-0.2, -0.15) is 0 Å². The molecule has 1 saturated heterocycles. The number of rotatable bonds is 7. The molecule has 1 heterocycles. The first-order chi connectivity index (χ1) is 11.5. The highest BCUT2D eigenvalue weighted by atomic mass is 16.5. The fourth-order valence-corrected chi connectivity index (χ4v) is 2.66. The summed E-state index contributed by atoms with van der Waals surface area (Å²) < 4.78 is 5.50. The highest BCUT2D eigenvalue weighted by molar-refractivity contribution is 6.23. The molecule has 0 radical (unpaired) electrons. The summed E-state index contributed by atoms with van der Waals surface area (Å²) in [6.45, 7) is 7.83. The van der Waals surface area contributed by atoms with Gasteiger partial charge in [0.15, 0.2) is 0 Å². The maximum absolute atomic E-state index is 12.6. The van der Waals surface area contributed by atoms with Crippen LogP contribution >= 0.6 is 0 Å². The van der Waals surface area contributed by atoms with E-state index in [-0.39, 0.29) is 30.7 Å². The van der Waals surface area contributed by atoms with Gasteiger partial charge in [-0.3, -0.25) is 14.4 Å². The van der Waals surface area contributed by atoms with Crippen LogP contribution in [0.4, 0.5) is 5.69 Å². The number of imide groups is 1. The number of anilines is 1. The molecule has 24 heavy (non-hydrogen) atoms. The van der Waals surface area contributed by atoms with Crippen LogP contribution in [-0.4, -0.2) is 41.8 Å². The zero-order valence-electron chi connectivity index (χ0n) is 14.0. The van der Waals surface area contributed by atoms with Gasteiger partial charge < -0.3 is 9.64 Å². The lowest BCUT2D eigenvalue weighted by molar-refractivity contribution is -0.135. The Morgan fingerprint density at radius 1 is 1.38 bits per heavy atom. The van der Waals surface area contributed by atoms with Crippen molar-refractivity contribution < 1.29 is 19.1 Å². The highest BCUT2D eigenvalue weighted by Crippen LogP contribution is 2.27. The molecule has 1 aromatic rings. The van der Waals surface area contributed by atoms with E-state index >= 15 is 0 Å². The van der Waals surface area contributed by atoms with Gasteiger partial charge in [-0.05, 0) is 30.7 Å². The Morgan fingerprint density at radius 3 is 2.58 bits per heavy atom. The predicted molar refractivity (Wildman–Crippen MR) is 90.7 cm³/mol. The van der Waals surface area contributed by atoms with Gasteiger partial charge in [-0.1, -0.05) is 13.0 Å². The van der Waals surface area contributed by atoms with E-state index in [2.05, 4.69) is 6.58 Å². The molecule has 0 aliphatic carbocycles. The summed E-state index contributed by atoms with van der Waals surface area (Å²) in [7, 11) is 0. The Morgan fingerprint density at radius 2 is 2.04 bits per heavy atom. The SMILES string of the molecule is C=CCN(C(C)=O)[C@H]1CC(=O)N(c2ccc(OCCC)cc2)C1=O. The second-order valence-corrected chi connectivity index (χ2v) is 5.59. The molecule has 1 aliphatic heterocycles. The van der Waals surface area contributed by atoms with Crippen LogP contribution < -0.4 is 9.64 Å². The molecular formula is C18H22N2O4. The molecule has 0 unspecified atom stereocenters. The normalized spacial score (nSPS) is 17.1. The summed E-state index contributed by atoms with van der Waals surface area (Å²) in [6.07, 6.45) is 2.43. The van der Waals surface area contributed by atoms with Crippen molar-refractivity contribution in [3.63, 3.8) is 0 Å². The van der Waals surface area contributed by atoms with E-state index < -0.39 is 6.04 Å². The molecule has 1 fully saturated rings. The Kier molecular flexibility index (Phi) is 5.73. The van der Waals surface area contributed by atoms with E-state index in [9.17, 15) is 14.4 Å². The Bertz CT molecular complexity index is 639. The van der Waals surface area contributed by atoms with Crippen LogP contribution in [0.25, 0.3) is 0 Å². The van der Waals surface area contributed by atoms with Crippen molar-refractivity contribution in [1.82, 2.24) is 4.90 Å². The number of amides is 3. The molecule has 1 atom stereocenters. The van der Waals surface area contributed by atoms with Gasteiger partial charge in [0, 0.05) is 13.5 Å². The number of carbonyl (C=O) groups excluding carboxylic acids is 3. The average molecular weight is 330 g/mol. The molecule has 2 rings (SSSR count). The molecule has 0 spiro atoms. The predicted octanol–water partition coefficient (Wildman–Crippen LogP) is 2.14. The first-order valence-corrected chi connectivity index (χ1v) is 7.97. The molecule has 3 amide bonds. The first-order valence-electron chi connectivity index (χ1n) is 7.97. The van der Waals surface area contributed by atoms with Crippen molar-refractivity contribution in [2.75, 3.05) is 18.1 Å². The number of benzene rings is 1. The molecule has 0 bridgehead atoms. The maximum Gasteiger partial charge on any atom is 0.257 e. The maximum atomic E-state index is 12.6. The third-order valence-electron chi connectivity index (χ3n) is 3.80. The summed E-state index contributed by atoms with van der Waals surface area (Å²) in [5, 5.41) is 0. The van der Waals surface area contributed by atoms with Gasteiger partial charge >= 0.3 is 0 Å². The first kappa shape index (κ1) is 17.7. The Hall–Kier alpha value is -2.63. The summed E-state index contributed by atoms with van der Waals surface area (Å²) in [4.78, 5) is 39.2. The third kappa shape index (κ3) is 3.64. The van der Waals surface area contributed by atoms with Gasteiger partial charge in [-0.25, -0.2) is 4.90 Å². The molecule has 0 N–H and O–H groups in total. The largest absolute Gasteiger partial charge is 0.494 e. The second kappa shape index (κ2) is 7.77. The van der Waals surface area contributed by atoms with E-state index in [0.717, 1.165) is 11.3 Å². The lowest BCUT2D eigenvalue weighted by atomic mass is 10.2. The van der Waals surface area contributed by atoms with Crippen molar-refractivity contribution in [2.45, 2.75) is 32.7 Å². The molecule has 6 nitrogen and oxygen atoms in total. The van der Waals surface area contributed by atoms with Gasteiger partial charge in [0.25, 0.3) is 5.91 Å². The van der Waals surface area contributed by atoms with Gasteiger partial charge in [0.1, 0.15) is 11.8 Å². The van der Waals surface area contributed by atoms with Gasteiger partial charge in [0.05, 0.1) is 18.7 Å². The van der Waals surface area contributed by atoms with Crippen LogP contribution in [0.5, 0.6) is 5.75 Å². The number of carbonyl (C=O) groups is 3. The van der Waals surface area contributed by atoms with Crippen LogP contribution in [0.15, 0.2) is 36.9 Å². The molecular weight excluding hydrogens is 308 g/mol. The monoisotopic (exact) mass is 330 g/mol. The zero-order chi connectivity index (χ0) is 17.7. The number of ether oxygens (including phenoxy) is 1. The van der Waals surface area contributed by atoms with Crippen LogP contribution in [0.1, 0.15) is 26.7 Å². The van der Waals surface area contributed by atoms with Crippen molar-refractivity contribution >= 4 is 23.4 Å². The fraction of sp³-hybridized carbons (Fsp3) is 0.389.